The fourth-order valence-electron chi connectivity index (χ4n) is 5.38. The lowest BCUT2D eigenvalue weighted by Crippen LogP contribution is -2.42. The van der Waals surface area contributed by atoms with Crippen molar-refractivity contribution in [2.75, 3.05) is 32.8 Å². The van der Waals surface area contributed by atoms with E-state index < -0.39 is 0 Å². The van der Waals surface area contributed by atoms with E-state index in [4.69, 9.17) is 10.5 Å². The summed E-state index contributed by atoms with van der Waals surface area (Å²) in [6.45, 7) is 15.3. The molecule has 0 fully saturated rings. The molecule has 0 aromatic rings. The predicted octanol–water partition coefficient (Wildman–Crippen LogP) is 10.3. The molecule has 6 heteroatoms. The summed E-state index contributed by atoms with van der Waals surface area (Å²) in [5, 5.41) is 3.23. The Labute approximate surface area is 281 Å². The van der Waals surface area contributed by atoms with Gasteiger partial charge in [0.2, 0.25) is 5.91 Å². The number of nitrogens with zero attached hydrogens (tertiary/aromatic N) is 1. The van der Waals surface area contributed by atoms with Crippen LogP contribution in [0.25, 0.3) is 0 Å². The van der Waals surface area contributed by atoms with Gasteiger partial charge in [0.1, 0.15) is 0 Å². The second-order valence-corrected chi connectivity index (χ2v) is 12.8. The van der Waals surface area contributed by atoms with E-state index in [1.807, 2.05) is 0 Å². The summed E-state index contributed by atoms with van der Waals surface area (Å²) in [5.74, 6) is -0.468. The second-order valence-electron chi connectivity index (χ2n) is 12.8. The molecule has 0 saturated carbocycles. The maximum Gasteiger partial charge on any atom is 0.305 e. The number of primary amides is 1. The van der Waals surface area contributed by atoms with Crippen molar-refractivity contribution in [2.24, 2.45) is 5.73 Å². The van der Waals surface area contributed by atoms with Crippen molar-refractivity contribution >= 4 is 11.9 Å². The van der Waals surface area contributed by atoms with Gasteiger partial charge in [0.15, 0.2) is 0 Å². The first-order valence-corrected chi connectivity index (χ1v) is 19.5. The number of hydrogen-bond acceptors (Lipinski definition) is 5. The third-order valence-electron chi connectivity index (χ3n) is 8.53. The van der Waals surface area contributed by atoms with Gasteiger partial charge in [-0.2, -0.15) is 0 Å². The highest BCUT2D eigenvalue weighted by molar-refractivity contribution is 5.79. The molecule has 1 atom stereocenters. The van der Waals surface area contributed by atoms with Crippen molar-refractivity contribution in [3.63, 3.8) is 0 Å². The maximum absolute atomic E-state index is 11.7. The van der Waals surface area contributed by atoms with Crippen LogP contribution in [0.3, 0.4) is 0 Å². The van der Waals surface area contributed by atoms with Gasteiger partial charge in [-0.15, -0.1) is 0 Å². The first-order chi connectivity index (χ1) is 22.0. The molecule has 268 valence electrons. The lowest BCUT2D eigenvalue weighted by atomic mass is 10.1. The van der Waals surface area contributed by atoms with E-state index in [1.165, 1.54) is 116 Å². The zero-order chi connectivity index (χ0) is 33.6. The average Bonchev–Trinajstić information content (AvgIpc) is 3.04. The molecule has 0 aliphatic rings. The van der Waals surface area contributed by atoms with Gasteiger partial charge in [-0.1, -0.05) is 143 Å². The molecule has 3 N–H and O–H groups in total. The molecule has 0 saturated heterocycles. The fourth-order valence-corrected chi connectivity index (χ4v) is 5.38. The van der Waals surface area contributed by atoms with E-state index >= 15 is 0 Å². The summed E-state index contributed by atoms with van der Waals surface area (Å²) in [4.78, 5) is 25.6. The van der Waals surface area contributed by atoms with Crippen LogP contribution in [0.5, 0.6) is 0 Å². The van der Waals surface area contributed by atoms with Gasteiger partial charge in [0.25, 0.3) is 0 Å². The molecular formula is C39H79N3O3. The van der Waals surface area contributed by atoms with E-state index in [0.29, 0.717) is 25.9 Å². The van der Waals surface area contributed by atoms with Gasteiger partial charge < -0.3 is 20.7 Å². The minimum Gasteiger partial charge on any atom is -0.466 e. The molecule has 0 spiro atoms. The average molecular weight is 638 g/mol. The quantitative estimate of drug-likeness (QED) is 0.0425. The van der Waals surface area contributed by atoms with Gasteiger partial charge in [0, 0.05) is 6.42 Å². The largest absolute Gasteiger partial charge is 0.466 e. The number of ether oxygens (including phenoxy) is 1. The lowest BCUT2D eigenvalue weighted by molar-refractivity contribution is -0.143. The predicted molar refractivity (Wildman–Crippen MR) is 197 cm³/mol. The highest BCUT2D eigenvalue weighted by atomic mass is 16.5. The lowest BCUT2D eigenvalue weighted by Gasteiger charge is -2.19. The highest BCUT2D eigenvalue weighted by Crippen LogP contribution is 2.10. The molecule has 0 aromatic carbocycles. The van der Waals surface area contributed by atoms with Crippen LogP contribution in [-0.2, 0) is 14.3 Å². The van der Waals surface area contributed by atoms with Crippen molar-refractivity contribution < 1.29 is 14.3 Å². The monoisotopic (exact) mass is 638 g/mol. The number of nitrogens with one attached hydrogen (secondary N) is 1. The molecule has 0 rings (SSSR count). The first kappa shape index (κ1) is 45.7. The summed E-state index contributed by atoms with van der Waals surface area (Å²) in [7, 11) is 0. The second kappa shape index (κ2) is 38.8. The van der Waals surface area contributed by atoms with Crippen LogP contribution in [0.15, 0.2) is 12.2 Å². The fraction of sp³-hybridized carbons (Fsp3) is 0.897. The van der Waals surface area contributed by atoms with Crippen molar-refractivity contribution in [1.29, 1.82) is 0 Å². The number of esters is 1. The minimum absolute atomic E-state index is 0.131. The Bertz CT molecular complexity index is 619. The molecule has 45 heavy (non-hydrogen) atoms. The Morgan fingerprint density at radius 1 is 0.644 bits per heavy atom. The van der Waals surface area contributed by atoms with Gasteiger partial charge in [-0.3, -0.25) is 9.59 Å². The van der Waals surface area contributed by atoms with Crippen LogP contribution >= 0.6 is 0 Å². The molecule has 1 amide bonds. The summed E-state index contributed by atoms with van der Waals surface area (Å²) in [6.07, 6.45) is 34.1. The van der Waals surface area contributed by atoms with Crippen molar-refractivity contribution in [1.82, 2.24) is 10.2 Å². The minimum atomic E-state index is -0.348. The van der Waals surface area contributed by atoms with Crippen LogP contribution in [0.4, 0.5) is 0 Å². The molecule has 6 nitrogen and oxygen atoms in total. The zero-order valence-electron chi connectivity index (χ0n) is 31.0. The summed E-state index contributed by atoms with van der Waals surface area (Å²) in [6, 6.07) is -0.348. The van der Waals surface area contributed by atoms with Crippen LogP contribution in [0, 0.1) is 0 Å². The van der Waals surface area contributed by atoms with Gasteiger partial charge in [0.05, 0.1) is 12.6 Å². The van der Waals surface area contributed by atoms with E-state index in [1.54, 1.807) is 0 Å². The van der Waals surface area contributed by atoms with Crippen LogP contribution in [0.1, 0.15) is 189 Å². The molecule has 0 aliphatic heterocycles. The van der Waals surface area contributed by atoms with Crippen LogP contribution in [-0.4, -0.2) is 55.6 Å². The van der Waals surface area contributed by atoms with Crippen molar-refractivity contribution in [3.05, 3.63) is 12.2 Å². The highest BCUT2D eigenvalue weighted by Gasteiger charge is 2.14. The Morgan fingerprint density at radius 3 is 1.58 bits per heavy atom. The number of carbonyl (C=O) groups excluding carboxylic acids is 2. The molecule has 0 aliphatic carbocycles. The SMILES string of the molecule is CCCCCCCC/C=C\CCCCCCCC.CCCCCCCCC(=O)OCCCC(NCCCN(CC)CC)C(N)=O. The Hall–Kier alpha value is -1.40. The molecule has 1 unspecified atom stereocenters. The Balaban J connectivity index is 0. The first-order valence-electron chi connectivity index (χ1n) is 19.5. The number of carbonyl (C=O) groups is 2. The van der Waals surface area contributed by atoms with E-state index in [9.17, 15) is 9.59 Å². The van der Waals surface area contributed by atoms with Crippen molar-refractivity contribution in [2.45, 2.75) is 195 Å². The number of rotatable bonds is 33. The molecule has 0 aromatic heterocycles. The molecule has 0 heterocycles. The van der Waals surface area contributed by atoms with Gasteiger partial charge >= 0.3 is 5.97 Å². The normalized spacial score (nSPS) is 12.0. The Morgan fingerprint density at radius 2 is 1.11 bits per heavy atom. The number of unbranched alkanes of at least 4 members (excludes halogenated alkanes) is 17. The number of nitrogens with two attached hydrogens (primary N) is 1. The van der Waals surface area contributed by atoms with Crippen LogP contribution < -0.4 is 11.1 Å². The molecule has 0 bridgehead atoms. The number of hydrogen-bond donors (Lipinski definition) is 2. The Kier molecular flexibility index (Phi) is 39.4. The van der Waals surface area contributed by atoms with Crippen LogP contribution in [0.2, 0.25) is 0 Å². The summed E-state index contributed by atoms with van der Waals surface area (Å²) >= 11 is 0. The number of allylic oxidation sites excluding steroid dienone is 2. The third-order valence-corrected chi connectivity index (χ3v) is 8.53. The van der Waals surface area contributed by atoms with Crippen molar-refractivity contribution in [3.8, 4) is 0 Å². The summed E-state index contributed by atoms with van der Waals surface area (Å²) in [5.41, 5.74) is 5.47. The van der Waals surface area contributed by atoms with E-state index in [0.717, 1.165) is 45.4 Å². The third kappa shape index (κ3) is 36.9. The zero-order valence-corrected chi connectivity index (χ0v) is 31.0. The molecule has 0 radical (unpaired) electrons. The molecular weight excluding hydrogens is 558 g/mol. The maximum atomic E-state index is 11.7. The van der Waals surface area contributed by atoms with Gasteiger partial charge in [-0.25, -0.2) is 0 Å². The smallest absolute Gasteiger partial charge is 0.305 e. The standard InChI is InChI=1S/C21H43N3O3.C18H36/c1-4-7-8-9-10-11-15-20(25)27-18-12-14-19(21(22)26)23-16-13-17-24(5-2)6-3;1-3-5-7-9-11-13-15-17-18-16-14-12-10-8-6-4-2/h19,23H,4-18H2,1-3H3,(H2,22,26);17-18H,3-16H2,1-2H3/b;18-17-. The van der Waals surface area contributed by atoms with E-state index in [2.05, 4.69) is 57.0 Å². The number of amides is 1. The topological polar surface area (TPSA) is 84.7 Å². The van der Waals surface area contributed by atoms with E-state index in [-0.39, 0.29) is 17.9 Å². The summed E-state index contributed by atoms with van der Waals surface area (Å²) < 4.78 is 5.26. The van der Waals surface area contributed by atoms with Gasteiger partial charge in [-0.05, 0) is 77.5 Å².